The highest BCUT2D eigenvalue weighted by atomic mass is 32.2. The van der Waals surface area contributed by atoms with Gasteiger partial charge in [-0.15, -0.1) is 11.8 Å². The second-order valence-corrected chi connectivity index (χ2v) is 19.9. The molecule has 4 rings (SSSR count). The number of unbranched alkanes of at least 4 members (excludes halogenated alkanes) is 2. The van der Waals surface area contributed by atoms with E-state index >= 15 is 4.39 Å². The Morgan fingerprint density at radius 3 is 2.18 bits per heavy atom. The number of benzene rings is 2. The Labute approximate surface area is 436 Å². The van der Waals surface area contributed by atoms with E-state index in [1.807, 2.05) is 51.1 Å². The standard InChI is InChI=1S/C51H75F2N9O11S/c1-51(2,3)47(48-59-41(38-30-37(52)12-13-39(38)53)33-60(48)32-36-10-6-4-7-11-36)61(46(67)35-63)20-14-40(55)49(68)58-19-18-57-44(65)34-62-45(66)31-42(50(62)69)74-29-28-73-27-26-72-25-24-71-23-22-70-21-15-43(64)56-17-9-5-8-16-54/h4,6-7,10-13,30,33,40,42,47,63H,5,8-9,14-29,31-32,34-35,54-55H2,1-3H3,(H,56,64)(H,57,65)(H,58,68). The van der Waals surface area contributed by atoms with Gasteiger partial charge in [0.1, 0.15) is 30.6 Å². The number of carbonyl (C=O) groups excluding carboxylic acids is 6. The fraction of sp³-hybridized carbons (Fsp3) is 0.588. The van der Waals surface area contributed by atoms with E-state index in [1.54, 1.807) is 10.8 Å². The largest absolute Gasteiger partial charge is 0.387 e. The van der Waals surface area contributed by atoms with Crippen LogP contribution in [0.1, 0.15) is 76.7 Å². The number of rotatable bonds is 36. The van der Waals surface area contributed by atoms with Crippen LogP contribution in [0.2, 0.25) is 0 Å². The van der Waals surface area contributed by atoms with Crippen molar-refractivity contribution in [3.05, 3.63) is 77.8 Å². The number of aliphatic hydroxyl groups is 1. The van der Waals surface area contributed by atoms with Gasteiger partial charge in [-0.2, -0.15) is 0 Å². The maximum atomic E-state index is 15.1. The van der Waals surface area contributed by atoms with Crippen LogP contribution in [0.3, 0.4) is 0 Å². The van der Waals surface area contributed by atoms with Crippen LogP contribution in [0.5, 0.6) is 0 Å². The van der Waals surface area contributed by atoms with Crippen LogP contribution in [0, 0.1) is 17.0 Å². The predicted octanol–water partition coefficient (Wildman–Crippen LogP) is 2.30. The lowest BCUT2D eigenvalue weighted by atomic mass is 9.84. The molecule has 0 radical (unpaired) electrons. The number of hydrogen-bond acceptors (Lipinski definition) is 15. The highest BCUT2D eigenvalue weighted by Gasteiger charge is 2.40. The molecule has 23 heteroatoms. The zero-order chi connectivity index (χ0) is 53.9. The summed E-state index contributed by atoms with van der Waals surface area (Å²) in [7, 11) is 0. The third kappa shape index (κ3) is 21.1. The van der Waals surface area contributed by atoms with Crippen molar-refractivity contribution in [3.63, 3.8) is 0 Å². The highest BCUT2D eigenvalue weighted by Crippen LogP contribution is 2.39. The molecule has 0 aliphatic carbocycles. The minimum Gasteiger partial charge on any atom is -0.387 e. The molecule has 1 aromatic heterocycles. The van der Waals surface area contributed by atoms with E-state index in [0.717, 1.165) is 47.9 Å². The van der Waals surface area contributed by atoms with E-state index < -0.39 is 77.1 Å². The van der Waals surface area contributed by atoms with Gasteiger partial charge in [-0.05, 0) is 55.0 Å². The van der Waals surface area contributed by atoms with E-state index in [-0.39, 0.29) is 56.2 Å². The molecular formula is C51H75F2N9O11S. The Morgan fingerprint density at radius 1 is 0.865 bits per heavy atom. The molecule has 0 bridgehead atoms. The van der Waals surface area contributed by atoms with Gasteiger partial charge in [0.15, 0.2) is 0 Å². The topological polar surface area (TPSA) is 272 Å². The molecule has 3 aromatic rings. The molecule has 1 fully saturated rings. The minimum absolute atomic E-state index is 0.0340. The second-order valence-electron chi connectivity index (χ2n) is 18.6. The molecule has 8 N–H and O–H groups in total. The fourth-order valence-electron chi connectivity index (χ4n) is 7.88. The number of ether oxygens (including phenoxy) is 4. The number of amides is 6. The third-order valence-electron chi connectivity index (χ3n) is 11.6. The molecule has 2 heterocycles. The zero-order valence-electron chi connectivity index (χ0n) is 42.8. The van der Waals surface area contributed by atoms with Crippen molar-refractivity contribution >= 4 is 47.2 Å². The van der Waals surface area contributed by atoms with Crippen LogP contribution in [0.4, 0.5) is 8.78 Å². The van der Waals surface area contributed by atoms with Gasteiger partial charge in [-0.1, -0.05) is 57.5 Å². The number of imidazole rings is 1. The van der Waals surface area contributed by atoms with Gasteiger partial charge < -0.3 is 60.9 Å². The molecule has 3 atom stereocenters. The number of nitrogens with one attached hydrogen (secondary N) is 3. The Morgan fingerprint density at radius 2 is 1.51 bits per heavy atom. The van der Waals surface area contributed by atoms with Crippen LogP contribution >= 0.6 is 11.8 Å². The van der Waals surface area contributed by atoms with Crippen molar-refractivity contribution in [3.8, 4) is 11.3 Å². The number of aliphatic hydroxyl groups excluding tert-OH is 1. The molecule has 74 heavy (non-hydrogen) atoms. The van der Waals surface area contributed by atoms with E-state index in [9.17, 15) is 38.3 Å². The third-order valence-corrected chi connectivity index (χ3v) is 12.8. The van der Waals surface area contributed by atoms with Gasteiger partial charge in [0.25, 0.3) is 0 Å². The number of likely N-dealkylation sites (tertiary alicyclic amines) is 1. The van der Waals surface area contributed by atoms with Crippen LogP contribution in [-0.2, 0) is 54.3 Å². The molecule has 0 saturated carbocycles. The molecular weight excluding hydrogens is 985 g/mol. The van der Waals surface area contributed by atoms with Crippen LogP contribution in [0.15, 0.2) is 54.7 Å². The average Bonchev–Trinajstić information content (AvgIpc) is 3.89. The number of nitrogens with zero attached hydrogens (tertiary/aromatic N) is 4. The number of nitrogens with two attached hydrogens (primary N) is 2. The van der Waals surface area contributed by atoms with Crippen molar-refractivity contribution in [2.45, 2.75) is 83.2 Å². The fourth-order valence-corrected chi connectivity index (χ4v) is 8.91. The van der Waals surface area contributed by atoms with Crippen molar-refractivity contribution in [2.75, 3.05) is 104 Å². The van der Waals surface area contributed by atoms with E-state index in [4.69, 9.17) is 35.4 Å². The second kappa shape index (κ2) is 32.8. The number of halogens is 2. The van der Waals surface area contributed by atoms with Gasteiger partial charge in [0.2, 0.25) is 35.4 Å². The molecule has 20 nitrogen and oxygen atoms in total. The summed E-state index contributed by atoms with van der Waals surface area (Å²) in [6.45, 7) is 8.47. The summed E-state index contributed by atoms with van der Waals surface area (Å²) < 4.78 is 53.2. The Kier molecular flexibility index (Phi) is 27.1. The van der Waals surface area contributed by atoms with Crippen molar-refractivity contribution in [1.82, 2.24) is 35.3 Å². The lowest BCUT2D eigenvalue weighted by molar-refractivity contribution is -0.142. The van der Waals surface area contributed by atoms with Crippen LogP contribution < -0.4 is 27.4 Å². The van der Waals surface area contributed by atoms with E-state index in [2.05, 4.69) is 16.0 Å². The zero-order valence-corrected chi connectivity index (χ0v) is 43.6. The van der Waals surface area contributed by atoms with Crippen LogP contribution in [0.25, 0.3) is 11.3 Å². The first-order valence-electron chi connectivity index (χ1n) is 25.0. The average molecular weight is 1060 g/mol. The summed E-state index contributed by atoms with van der Waals surface area (Å²) in [5.41, 5.74) is 12.0. The summed E-state index contributed by atoms with van der Waals surface area (Å²) in [6.07, 6.45) is 4.66. The van der Waals surface area contributed by atoms with E-state index in [1.165, 1.54) is 16.7 Å². The number of hydrogen-bond donors (Lipinski definition) is 6. The van der Waals surface area contributed by atoms with Crippen molar-refractivity contribution < 1.29 is 61.6 Å². The predicted molar refractivity (Wildman–Crippen MR) is 274 cm³/mol. The lowest BCUT2D eigenvalue weighted by Crippen LogP contribution is -2.48. The summed E-state index contributed by atoms with van der Waals surface area (Å²) in [6, 6.07) is 10.5. The quantitative estimate of drug-likeness (QED) is 0.0360. The summed E-state index contributed by atoms with van der Waals surface area (Å²) in [5, 5.41) is 17.6. The molecule has 1 saturated heterocycles. The smallest absolute Gasteiger partial charge is 0.248 e. The Bertz CT molecular complexity index is 2240. The molecule has 6 amide bonds. The number of aromatic nitrogens is 2. The van der Waals surface area contributed by atoms with Gasteiger partial charge >= 0.3 is 0 Å². The normalized spacial score (nSPS) is 14.5. The maximum absolute atomic E-state index is 15.1. The van der Waals surface area contributed by atoms with Gasteiger partial charge in [0, 0.05) is 63.1 Å². The van der Waals surface area contributed by atoms with Crippen molar-refractivity contribution in [1.29, 1.82) is 0 Å². The molecule has 2 aromatic carbocycles. The van der Waals surface area contributed by atoms with Gasteiger partial charge in [-0.3, -0.25) is 33.7 Å². The number of imide groups is 1. The lowest BCUT2D eigenvalue weighted by Gasteiger charge is -2.40. The molecule has 1 aliphatic heterocycles. The monoisotopic (exact) mass is 1060 g/mol. The molecule has 1 aliphatic rings. The summed E-state index contributed by atoms with van der Waals surface area (Å²) >= 11 is 1.27. The summed E-state index contributed by atoms with van der Waals surface area (Å²) in [5.74, 6) is -3.39. The molecule has 0 spiro atoms. The van der Waals surface area contributed by atoms with Crippen LogP contribution in [-0.4, -0.2) is 176 Å². The van der Waals surface area contributed by atoms with E-state index in [0.29, 0.717) is 83.9 Å². The van der Waals surface area contributed by atoms with Gasteiger partial charge in [0.05, 0.1) is 75.9 Å². The molecule has 410 valence electrons. The Hall–Kier alpha value is -5.40. The first kappa shape index (κ1) is 61.1. The number of carbonyl (C=O) groups is 6. The first-order chi connectivity index (χ1) is 35.5. The SMILES string of the molecule is CC(C)(C)C(c1nc(-c2cc(F)ccc2F)cn1Cc1ccccc1)N(CCC(N)C(=O)NCCNC(=O)CN1C(=O)CC(SCCOCCOCCOCCOCCC(=O)NCCCCCN)C1=O)C(=O)CO. The maximum Gasteiger partial charge on any atom is 0.248 e. The molecule has 3 unspecified atom stereocenters. The first-order valence-corrected chi connectivity index (χ1v) is 26.1. The van der Waals surface area contributed by atoms with Crippen molar-refractivity contribution in [2.24, 2.45) is 16.9 Å². The highest BCUT2D eigenvalue weighted by molar-refractivity contribution is 8.00. The Balaban J connectivity index is 1.13. The van der Waals surface area contributed by atoms with Gasteiger partial charge in [-0.25, -0.2) is 13.8 Å². The number of thioether (sulfide) groups is 1. The minimum atomic E-state index is -1.13. The summed E-state index contributed by atoms with van der Waals surface area (Å²) in [4.78, 5) is 83.9.